The highest BCUT2D eigenvalue weighted by Gasteiger charge is 2.20. The number of allylic oxidation sites excluding steroid dienone is 2. The second-order valence-electron chi connectivity index (χ2n) is 7.50. The molecule has 1 heterocycles. The molecule has 0 fully saturated rings. The van der Waals surface area contributed by atoms with Crippen molar-refractivity contribution >= 4 is 17.5 Å². The number of carbonyl (C=O) groups is 2. The van der Waals surface area contributed by atoms with E-state index in [2.05, 4.69) is 46.9 Å². The van der Waals surface area contributed by atoms with Gasteiger partial charge in [0.15, 0.2) is 5.78 Å². The monoisotopic (exact) mass is 396 g/mol. The third kappa shape index (κ3) is 8.34. The lowest BCUT2D eigenvalue weighted by atomic mass is 10.0. The SMILES string of the molecule is CCC(=O)/C=C/C1=CNC(=NC(CC(C)C)C(=O)NCCc2ccccc2)CN1. The fourth-order valence-corrected chi connectivity index (χ4v) is 2.88. The van der Waals surface area contributed by atoms with Gasteiger partial charge in [-0.1, -0.05) is 51.1 Å². The first-order chi connectivity index (χ1) is 14.0. The van der Waals surface area contributed by atoms with E-state index in [1.807, 2.05) is 25.1 Å². The van der Waals surface area contributed by atoms with Crippen LogP contribution in [0.1, 0.15) is 39.2 Å². The van der Waals surface area contributed by atoms with Gasteiger partial charge in [-0.2, -0.15) is 0 Å². The molecule has 1 unspecified atom stereocenters. The highest BCUT2D eigenvalue weighted by molar-refractivity contribution is 5.91. The van der Waals surface area contributed by atoms with Gasteiger partial charge in [-0.25, -0.2) is 0 Å². The number of ketones is 1. The van der Waals surface area contributed by atoms with Gasteiger partial charge in [0, 0.05) is 19.2 Å². The van der Waals surface area contributed by atoms with E-state index in [-0.39, 0.29) is 11.7 Å². The van der Waals surface area contributed by atoms with E-state index < -0.39 is 6.04 Å². The van der Waals surface area contributed by atoms with E-state index >= 15 is 0 Å². The van der Waals surface area contributed by atoms with Crippen LogP contribution in [0, 0.1) is 5.92 Å². The Hall–Kier alpha value is -2.89. The fourth-order valence-electron chi connectivity index (χ4n) is 2.88. The molecular weight excluding hydrogens is 364 g/mol. The van der Waals surface area contributed by atoms with Crippen molar-refractivity contribution in [2.24, 2.45) is 10.9 Å². The molecule has 0 bridgehead atoms. The molecule has 6 heteroatoms. The number of hydrogen-bond donors (Lipinski definition) is 3. The Morgan fingerprint density at radius 3 is 2.62 bits per heavy atom. The molecule has 1 amide bonds. The standard InChI is InChI=1S/C23H32N4O2/c1-4-20(28)11-10-19-15-26-22(16-25-19)27-21(14-17(2)3)23(29)24-13-12-18-8-6-5-7-9-18/h5-11,15,17,21,25H,4,12-14,16H2,1-3H3,(H,24,29)(H,26,27)/b11-10+. The van der Waals surface area contributed by atoms with Gasteiger partial charge >= 0.3 is 0 Å². The number of rotatable bonds is 10. The second kappa shape index (κ2) is 11.8. The summed E-state index contributed by atoms with van der Waals surface area (Å²) in [5, 5.41) is 9.36. The molecule has 1 aromatic carbocycles. The molecule has 0 aromatic heterocycles. The molecule has 3 N–H and O–H groups in total. The molecule has 0 aliphatic carbocycles. The van der Waals surface area contributed by atoms with Gasteiger partial charge in [0.1, 0.15) is 11.9 Å². The first kappa shape index (κ1) is 22.4. The Morgan fingerprint density at radius 1 is 1.24 bits per heavy atom. The molecule has 1 aliphatic rings. The molecule has 0 radical (unpaired) electrons. The minimum absolute atomic E-state index is 0.0489. The molecule has 29 heavy (non-hydrogen) atoms. The molecule has 0 spiro atoms. The summed E-state index contributed by atoms with van der Waals surface area (Å²) in [5.74, 6) is 1.10. The predicted molar refractivity (Wildman–Crippen MR) is 117 cm³/mol. The first-order valence-corrected chi connectivity index (χ1v) is 10.3. The minimum atomic E-state index is -0.428. The van der Waals surface area contributed by atoms with E-state index in [0.29, 0.717) is 37.7 Å². The number of hydrogen-bond acceptors (Lipinski definition) is 4. The van der Waals surface area contributed by atoms with Crippen molar-refractivity contribution in [3.63, 3.8) is 0 Å². The Bertz CT molecular complexity index is 766. The highest BCUT2D eigenvalue weighted by atomic mass is 16.2. The quantitative estimate of drug-likeness (QED) is 0.531. The molecule has 1 atom stereocenters. The zero-order valence-electron chi connectivity index (χ0n) is 17.6. The average molecular weight is 397 g/mol. The van der Waals surface area contributed by atoms with Crippen molar-refractivity contribution in [2.75, 3.05) is 13.1 Å². The van der Waals surface area contributed by atoms with Gasteiger partial charge in [0.2, 0.25) is 5.91 Å². The maximum Gasteiger partial charge on any atom is 0.244 e. The maximum atomic E-state index is 12.7. The van der Waals surface area contributed by atoms with Crippen LogP contribution in [0.25, 0.3) is 0 Å². The van der Waals surface area contributed by atoms with Crippen LogP contribution >= 0.6 is 0 Å². The maximum absolute atomic E-state index is 12.7. The number of nitrogens with zero attached hydrogens (tertiary/aromatic N) is 1. The largest absolute Gasteiger partial charge is 0.377 e. The van der Waals surface area contributed by atoms with Crippen LogP contribution in [0.4, 0.5) is 0 Å². The van der Waals surface area contributed by atoms with E-state index in [1.54, 1.807) is 18.4 Å². The van der Waals surface area contributed by atoms with Crippen LogP contribution in [-0.4, -0.2) is 36.7 Å². The third-order valence-electron chi connectivity index (χ3n) is 4.52. The van der Waals surface area contributed by atoms with Gasteiger partial charge < -0.3 is 16.0 Å². The molecular formula is C23H32N4O2. The van der Waals surface area contributed by atoms with Crippen molar-refractivity contribution in [1.29, 1.82) is 0 Å². The van der Waals surface area contributed by atoms with Crippen LogP contribution in [0.5, 0.6) is 0 Å². The number of nitrogens with one attached hydrogen (secondary N) is 3. The smallest absolute Gasteiger partial charge is 0.244 e. The van der Waals surface area contributed by atoms with E-state index in [4.69, 9.17) is 0 Å². The summed E-state index contributed by atoms with van der Waals surface area (Å²) in [6.45, 7) is 7.09. The predicted octanol–water partition coefficient (Wildman–Crippen LogP) is 2.73. The van der Waals surface area contributed by atoms with Crippen LogP contribution in [-0.2, 0) is 16.0 Å². The van der Waals surface area contributed by atoms with Crippen molar-refractivity contribution in [3.05, 3.63) is 59.9 Å². The van der Waals surface area contributed by atoms with E-state index in [9.17, 15) is 9.59 Å². The summed E-state index contributed by atoms with van der Waals surface area (Å²) in [7, 11) is 0. The van der Waals surface area contributed by atoms with Gasteiger partial charge in [-0.15, -0.1) is 0 Å². The Balaban J connectivity index is 1.93. The Morgan fingerprint density at radius 2 is 2.00 bits per heavy atom. The molecule has 1 aromatic rings. The number of amidine groups is 1. The van der Waals surface area contributed by atoms with E-state index in [0.717, 1.165) is 12.1 Å². The molecule has 156 valence electrons. The van der Waals surface area contributed by atoms with Crippen LogP contribution < -0.4 is 16.0 Å². The zero-order chi connectivity index (χ0) is 21.1. The normalized spacial score (nSPS) is 16.3. The second-order valence-corrected chi connectivity index (χ2v) is 7.50. The summed E-state index contributed by atoms with van der Waals surface area (Å²) in [6.07, 6.45) is 7.04. The van der Waals surface area contributed by atoms with Crippen molar-refractivity contribution in [3.8, 4) is 0 Å². The molecule has 2 rings (SSSR count). The summed E-state index contributed by atoms with van der Waals surface area (Å²) < 4.78 is 0. The number of amides is 1. The minimum Gasteiger partial charge on any atom is -0.377 e. The molecule has 0 saturated carbocycles. The van der Waals surface area contributed by atoms with E-state index in [1.165, 1.54) is 5.56 Å². The Kier molecular flexibility index (Phi) is 9.15. The summed E-state index contributed by atoms with van der Waals surface area (Å²) in [6, 6.07) is 9.68. The van der Waals surface area contributed by atoms with Crippen molar-refractivity contribution in [1.82, 2.24) is 16.0 Å². The summed E-state index contributed by atoms with van der Waals surface area (Å²) >= 11 is 0. The van der Waals surface area contributed by atoms with Crippen molar-refractivity contribution in [2.45, 2.75) is 46.1 Å². The first-order valence-electron chi connectivity index (χ1n) is 10.3. The number of carbonyl (C=O) groups excluding carboxylic acids is 2. The van der Waals surface area contributed by atoms with Crippen LogP contribution in [0.15, 0.2) is 59.4 Å². The number of aliphatic imine (C=N–C) groups is 1. The van der Waals surface area contributed by atoms with Gasteiger partial charge in [0.25, 0.3) is 0 Å². The van der Waals surface area contributed by atoms with Gasteiger partial charge in [-0.3, -0.25) is 14.6 Å². The fraction of sp³-hybridized carbons (Fsp3) is 0.435. The zero-order valence-corrected chi connectivity index (χ0v) is 17.6. The average Bonchev–Trinajstić information content (AvgIpc) is 2.72. The lowest BCUT2D eigenvalue weighted by Crippen LogP contribution is -2.41. The molecule has 1 aliphatic heterocycles. The third-order valence-corrected chi connectivity index (χ3v) is 4.52. The molecule has 6 nitrogen and oxygen atoms in total. The van der Waals surface area contributed by atoms with Gasteiger partial charge in [0.05, 0.1) is 12.2 Å². The van der Waals surface area contributed by atoms with Gasteiger partial charge in [-0.05, 0) is 36.5 Å². The van der Waals surface area contributed by atoms with Crippen LogP contribution in [0.2, 0.25) is 0 Å². The summed E-state index contributed by atoms with van der Waals surface area (Å²) in [4.78, 5) is 28.7. The number of benzene rings is 1. The summed E-state index contributed by atoms with van der Waals surface area (Å²) in [5.41, 5.74) is 2.02. The Labute approximate surface area is 173 Å². The highest BCUT2D eigenvalue weighted by Crippen LogP contribution is 2.10. The lowest BCUT2D eigenvalue weighted by molar-refractivity contribution is -0.122. The topological polar surface area (TPSA) is 82.6 Å². The van der Waals surface area contributed by atoms with Crippen molar-refractivity contribution < 1.29 is 9.59 Å². The molecule has 0 saturated heterocycles. The van der Waals surface area contributed by atoms with Crippen LogP contribution in [0.3, 0.4) is 0 Å². The lowest BCUT2D eigenvalue weighted by Gasteiger charge is -2.20.